The molecule has 1 N–H and O–H groups in total. The SMILES string of the molecule is CCCC(=O)OC[C@H]1OC(OC(=O)CCC)[C@H](O)[C@@H]1OC(=O)CCC. The molecule has 1 unspecified atom stereocenters. The Hall–Kier alpha value is -1.67. The predicted molar refractivity (Wildman–Crippen MR) is 86.3 cm³/mol. The first-order valence-corrected chi connectivity index (χ1v) is 8.80. The van der Waals surface area contributed by atoms with E-state index in [4.69, 9.17) is 18.9 Å². The summed E-state index contributed by atoms with van der Waals surface area (Å²) in [5.74, 6) is -1.43. The lowest BCUT2D eigenvalue weighted by Gasteiger charge is -2.20. The zero-order valence-electron chi connectivity index (χ0n) is 15.1. The van der Waals surface area contributed by atoms with Crippen LogP contribution < -0.4 is 0 Å². The van der Waals surface area contributed by atoms with Gasteiger partial charge in [0.2, 0.25) is 6.29 Å². The van der Waals surface area contributed by atoms with E-state index in [-0.39, 0.29) is 25.9 Å². The number of ether oxygens (including phenoxy) is 4. The number of carbonyl (C=O) groups is 3. The van der Waals surface area contributed by atoms with Crippen LogP contribution in [0.5, 0.6) is 0 Å². The zero-order valence-corrected chi connectivity index (χ0v) is 15.1. The first-order valence-electron chi connectivity index (χ1n) is 8.80. The van der Waals surface area contributed by atoms with Crippen molar-refractivity contribution >= 4 is 17.9 Å². The van der Waals surface area contributed by atoms with Crippen LogP contribution in [0.3, 0.4) is 0 Å². The number of aliphatic hydroxyl groups is 1. The molecule has 0 aromatic heterocycles. The average Bonchev–Trinajstić information content (AvgIpc) is 2.82. The van der Waals surface area contributed by atoms with Crippen LogP contribution in [-0.4, -0.2) is 54.2 Å². The van der Waals surface area contributed by atoms with Gasteiger partial charge in [-0.15, -0.1) is 0 Å². The molecule has 1 aliphatic heterocycles. The lowest BCUT2D eigenvalue weighted by Crippen LogP contribution is -2.39. The van der Waals surface area contributed by atoms with Gasteiger partial charge < -0.3 is 24.1 Å². The van der Waals surface area contributed by atoms with Crippen LogP contribution in [-0.2, 0) is 33.3 Å². The molecule has 0 aromatic carbocycles. The topological polar surface area (TPSA) is 108 Å². The molecule has 0 aliphatic carbocycles. The maximum atomic E-state index is 11.8. The van der Waals surface area contributed by atoms with Gasteiger partial charge in [-0.2, -0.15) is 0 Å². The molecule has 1 rings (SSSR count). The molecule has 4 atom stereocenters. The van der Waals surface area contributed by atoms with E-state index >= 15 is 0 Å². The minimum atomic E-state index is -1.34. The third kappa shape index (κ3) is 6.99. The minimum absolute atomic E-state index is 0.184. The Morgan fingerprint density at radius 1 is 0.880 bits per heavy atom. The van der Waals surface area contributed by atoms with Gasteiger partial charge in [0.25, 0.3) is 0 Å². The predicted octanol–water partition coefficient (Wildman–Crippen LogP) is 1.47. The summed E-state index contributed by atoms with van der Waals surface area (Å²) >= 11 is 0. The highest BCUT2D eigenvalue weighted by molar-refractivity contribution is 5.70. The van der Waals surface area contributed by atoms with Crippen LogP contribution in [0.15, 0.2) is 0 Å². The molecule has 1 saturated heterocycles. The minimum Gasteiger partial charge on any atom is -0.463 e. The molecule has 25 heavy (non-hydrogen) atoms. The summed E-state index contributed by atoms with van der Waals surface area (Å²) in [6.07, 6.45) is -2.10. The fourth-order valence-electron chi connectivity index (χ4n) is 2.34. The summed E-state index contributed by atoms with van der Waals surface area (Å²) in [6, 6.07) is 0. The molecule has 0 spiro atoms. The Morgan fingerprint density at radius 2 is 1.40 bits per heavy atom. The number of aliphatic hydroxyl groups excluding tert-OH is 1. The zero-order chi connectivity index (χ0) is 18.8. The number of carbonyl (C=O) groups excluding carboxylic acids is 3. The second kappa shape index (κ2) is 11.0. The van der Waals surface area contributed by atoms with E-state index in [1.807, 2.05) is 20.8 Å². The average molecular weight is 360 g/mol. The lowest BCUT2D eigenvalue weighted by molar-refractivity contribution is -0.191. The molecule has 1 aliphatic rings. The quantitative estimate of drug-likeness (QED) is 0.461. The Bertz CT molecular complexity index is 450. The molecular formula is C17H28O8. The number of rotatable bonds is 10. The summed E-state index contributed by atoms with van der Waals surface area (Å²) in [5.41, 5.74) is 0. The smallest absolute Gasteiger partial charge is 0.308 e. The monoisotopic (exact) mass is 360 g/mol. The maximum Gasteiger partial charge on any atom is 0.308 e. The fraction of sp³-hybridized carbons (Fsp3) is 0.824. The Morgan fingerprint density at radius 3 is 1.96 bits per heavy atom. The Kier molecular flexibility index (Phi) is 9.44. The van der Waals surface area contributed by atoms with Crippen molar-refractivity contribution < 1.29 is 38.4 Å². The fourth-order valence-corrected chi connectivity index (χ4v) is 2.34. The summed E-state index contributed by atoms with van der Waals surface area (Å²) < 4.78 is 20.9. The molecule has 1 heterocycles. The van der Waals surface area contributed by atoms with E-state index in [9.17, 15) is 19.5 Å². The van der Waals surface area contributed by atoms with Gasteiger partial charge in [0.05, 0.1) is 0 Å². The van der Waals surface area contributed by atoms with Gasteiger partial charge in [0, 0.05) is 19.3 Å². The van der Waals surface area contributed by atoms with Crippen LogP contribution in [0, 0.1) is 0 Å². The van der Waals surface area contributed by atoms with Crippen molar-refractivity contribution in [1.82, 2.24) is 0 Å². The van der Waals surface area contributed by atoms with Crippen molar-refractivity contribution in [1.29, 1.82) is 0 Å². The van der Waals surface area contributed by atoms with Crippen molar-refractivity contribution in [3.8, 4) is 0 Å². The first kappa shape index (κ1) is 21.4. The van der Waals surface area contributed by atoms with Crippen molar-refractivity contribution in [3.63, 3.8) is 0 Å². The highest BCUT2D eigenvalue weighted by Crippen LogP contribution is 2.26. The number of hydrogen-bond donors (Lipinski definition) is 1. The van der Waals surface area contributed by atoms with Gasteiger partial charge in [-0.1, -0.05) is 20.8 Å². The molecule has 0 amide bonds. The summed E-state index contributed by atoms with van der Waals surface area (Å²) in [6.45, 7) is 5.29. The van der Waals surface area contributed by atoms with Gasteiger partial charge in [-0.3, -0.25) is 14.4 Å². The van der Waals surface area contributed by atoms with Gasteiger partial charge >= 0.3 is 17.9 Å². The molecule has 0 saturated carbocycles. The number of esters is 3. The standard InChI is InChI=1S/C17H28O8/c1-4-7-12(18)22-10-11-16(24-13(19)8-5-2)15(21)17(23-11)25-14(20)9-6-3/h11,15-17,21H,4-10H2,1-3H3/t11-,15-,16-,17?/m1/s1. The molecule has 8 nitrogen and oxygen atoms in total. The molecule has 0 bridgehead atoms. The summed E-state index contributed by atoms with van der Waals surface area (Å²) in [5, 5.41) is 10.3. The molecule has 8 heteroatoms. The Labute approximate surface area is 147 Å². The molecule has 1 fully saturated rings. The van der Waals surface area contributed by atoms with E-state index in [1.54, 1.807) is 0 Å². The van der Waals surface area contributed by atoms with E-state index in [2.05, 4.69) is 0 Å². The van der Waals surface area contributed by atoms with Crippen molar-refractivity contribution in [3.05, 3.63) is 0 Å². The van der Waals surface area contributed by atoms with Crippen LogP contribution in [0.25, 0.3) is 0 Å². The van der Waals surface area contributed by atoms with Crippen LogP contribution in [0.4, 0.5) is 0 Å². The van der Waals surface area contributed by atoms with Gasteiger partial charge in [0.1, 0.15) is 12.7 Å². The van der Waals surface area contributed by atoms with E-state index in [0.717, 1.165) is 0 Å². The molecule has 144 valence electrons. The van der Waals surface area contributed by atoms with E-state index < -0.39 is 42.5 Å². The second-order valence-corrected chi connectivity index (χ2v) is 5.91. The van der Waals surface area contributed by atoms with Gasteiger partial charge in [0.15, 0.2) is 12.2 Å². The van der Waals surface area contributed by atoms with Gasteiger partial charge in [-0.25, -0.2) is 0 Å². The van der Waals surface area contributed by atoms with E-state index in [0.29, 0.717) is 19.3 Å². The van der Waals surface area contributed by atoms with Gasteiger partial charge in [-0.05, 0) is 19.3 Å². The van der Waals surface area contributed by atoms with Crippen molar-refractivity contribution in [2.24, 2.45) is 0 Å². The highest BCUT2D eigenvalue weighted by atomic mass is 16.7. The van der Waals surface area contributed by atoms with Crippen LogP contribution in [0.2, 0.25) is 0 Å². The summed E-state index contributed by atoms with van der Waals surface area (Å²) in [4.78, 5) is 34.9. The molecular weight excluding hydrogens is 332 g/mol. The van der Waals surface area contributed by atoms with Crippen LogP contribution in [0.1, 0.15) is 59.3 Å². The summed E-state index contributed by atoms with van der Waals surface area (Å²) in [7, 11) is 0. The largest absolute Gasteiger partial charge is 0.463 e. The van der Waals surface area contributed by atoms with Crippen LogP contribution >= 0.6 is 0 Å². The molecule has 0 aromatic rings. The highest BCUT2D eigenvalue weighted by Gasteiger charge is 2.48. The lowest BCUT2D eigenvalue weighted by atomic mass is 10.1. The third-order valence-corrected chi connectivity index (χ3v) is 3.58. The molecule has 0 radical (unpaired) electrons. The third-order valence-electron chi connectivity index (χ3n) is 3.58. The van der Waals surface area contributed by atoms with Crippen molar-refractivity contribution in [2.45, 2.75) is 83.9 Å². The van der Waals surface area contributed by atoms with E-state index in [1.165, 1.54) is 0 Å². The normalized spacial score (nSPS) is 25.4. The Balaban J connectivity index is 2.72. The maximum absolute atomic E-state index is 11.8. The number of hydrogen-bond acceptors (Lipinski definition) is 8. The van der Waals surface area contributed by atoms with Crippen molar-refractivity contribution in [2.75, 3.05) is 6.61 Å². The second-order valence-electron chi connectivity index (χ2n) is 5.91. The first-order chi connectivity index (χ1) is 11.9.